The second-order valence-corrected chi connectivity index (χ2v) is 3.71. The molecule has 1 aliphatic heterocycles. The molecule has 0 aromatic heterocycles. The Labute approximate surface area is 89.3 Å². The Morgan fingerprint density at radius 2 is 2.07 bits per heavy atom. The highest BCUT2D eigenvalue weighted by molar-refractivity contribution is 5.76. The lowest BCUT2D eigenvalue weighted by Gasteiger charge is -2.14. The Kier molecular flexibility index (Phi) is 3.94. The van der Waals surface area contributed by atoms with Crippen molar-refractivity contribution in [2.75, 3.05) is 26.8 Å². The van der Waals surface area contributed by atoms with Gasteiger partial charge in [-0.05, 0) is 12.8 Å². The summed E-state index contributed by atoms with van der Waals surface area (Å²) in [7, 11) is 1.36. The first-order valence-electron chi connectivity index (χ1n) is 5.09. The summed E-state index contributed by atoms with van der Waals surface area (Å²) in [4.78, 5) is 24.3. The van der Waals surface area contributed by atoms with Crippen molar-refractivity contribution in [3.63, 3.8) is 0 Å². The molecule has 1 rings (SSSR count). The Hall–Kier alpha value is -1.26. The van der Waals surface area contributed by atoms with E-state index in [-0.39, 0.29) is 23.9 Å². The minimum Gasteiger partial charge on any atom is -0.469 e. The normalized spacial score (nSPS) is 25.1. The minimum absolute atomic E-state index is 0.127. The Morgan fingerprint density at radius 1 is 1.40 bits per heavy atom. The van der Waals surface area contributed by atoms with Crippen molar-refractivity contribution in [2.45, 2.75) is 13.8 Å². The second kappa shape index (κ2) is 5.00. The average molecular weight is 215 g/mol. The lowest BCUT2D eigenvalue weighted by molar-refractivity contribution is -0.146. The zero-order chi connectivity index (χ0) is 11.4. The summed E-state index contributed by atoms with van der Waals surface area (Å²) in [6, 6.07) is 0. The van der Waals surface area contributed by atoms with E-state index in [1.54, 1.807) is 11.8 Å². The predicted molar refractivity (Wildman–Crippen MR) is 53.3 cm³/mol. The first-order valence-corrected chi connectivity index (χ1v) is 5.09. The number of hydrogen-bond acceptors (Lipinski definition) is 4. The molecule has 0 N–H and O–H groups in total. The molecule has 86 valence electrons. The molecular weight excluding hydrogens is 198 g/mol. The van der Waals surface area contributed by atoms with Crippen molar-refractivity contribution >= 4 is 12.1 Å². The third-order valence-corrected chi connectivity index (χ3v) is 2.64. The van der Waals surface area contributed by atoms with Crippen LogP contribution in [0.4, 0.5) is 4.79 Å². The minimum atomic E-state index is -0.351. The highest BCUT2D eigenvalue weighted by Gasteiger charge is 2.38. The zero-order valence-electron chi connectivity index (χ0n) is 9.36. The van der Waals surface area contributed by atoms with E-state index >= 15 is 0 Å². The average Bonchev–Trinajstić information content (AvgIpc) is 2.60. The number of nitrogens with zero attached hydrogens (tertiary/aromatic N) is 1. The number of amides is 1. The van der Waals surface area contributed by atoms with Crippen molar-refractivity contribution in [3.8, 4) is 0 Å². The van der Waals surface area contributed by atoms with Crippen LogP contribution < -0.4 is 0 Å². The van der Waals surface area contributed by atoms with Gasteiger partial charge in [0.15, 0.2) is 0 Å². The van der Waals surface area contributed by atoms with Crippen molar-refractivity contribution in [1.29, 1.82) is 0 Å². The molecule has 0 aliphatic carbocycles. The van der Waals surface area contributed by atoms with Crippen LogP contribution in [0.15, 0.2) is 0 Å². The first-order chi connectivity index (χ1) is 7.10. The lowest BCUT2D eigenvalue weighted by Crippen LogP contribution is -2.30. The largest absolute Gasteiger partial charge is 0.469 e. The fourth-order valence-electron chi connectivity index (χ4n) is 1.79. The van der Waals surface area contributed by atoms with Crippen LogP contribution in [0.1, 0.15) is 13.8 Å². The Balaban J connectivity index is 2.55. The fourth-order valence-corrected chi connectivity index (χ4v) is 1.79. The van der Waals surface area contributed by atoms with Crippen LogP contribution in [0.2, 0.25) is 0 Å². The zero-order valence-corrected chi connectivity index (χ0v) is 9.36. The third kappa shape index (κ3) is 2.61. The quantitative estimate of drug-likeness (QED) is 0.642. The van der Waals surface area contributed by atoms with Crippen LogP contribution in [-0.4, -0.2) is 43.8 Å². The number of hydrogen-bond donors (Lipinski definition) is 0. The van der Waals surface area contributed by atoms with Gasteiger partial charge in [-0.2, -0.15) is 0 Å². The smallest absolute Gasteiger partial charge is 0.409 e. The van der Waals surface area contributed by atoms with Gasteiger partial charge in [0.25, 0.3) is 0 Å². The topological polar surface area (TPSA) is 55.8 Å². The van der Waals surface area contributed by atoms with Gasteiger partial charge in [0.2, 0.25) is 0 Å². The monoisotopic (exact) mass is 215 g/mol. The van der Waals surface area contributed by atoms with E-state index in [0.717, 1.165) is 0 Å². The molecule has 0 spiro atoms. The van der Waals surface area contributed by atoms with E-state index in [1.165, 1.54) is 7.11 Å². The molecule has 1 aliphatic rings. The molecule has 0 bridgehead atoms. The Bertz CT molecular complexity index is 254. The number of rotatable bonds is 2. The van der Waals surface area contributed by atoms with Crippen molar-refractivity contribution in [3.05, 3.63) is 0 Å². The maximum absolute atomic E-state index is 11.4. The lowest BCUT2D eigenvalue weighted by atomic mass is 9.99. The number of likely N-dealkylation sites (tertiary alicyclic amines) is 1. The van der Waals surface area contributed by atoms with Gasteiger partial charge in [-0.15, -0.1) is 0 Å². The highest BCUT2D eigenvalue weighted by Crippen LogP contribution is 2.24. The van der Waals surface area contributed by atoms with Crippen LogP contribution in [0.25, 0.3) is 0 Å². The molecule has 5 heteroatoms. The summed E-state index contributed by atoms with van der Waals surface area (Å²) in [6.07, 6.45) is -0.351. The van der Waals surface area contributed by atoms with Gasteiger partial charge < -0.3 is 14.4 Å². The van der Waals surface area contributed by atoms with Crippen molar-refractivity contribution in [1.82, 2.24) is 4.90 Å². The molecule has 2 atom stereocenters. The highest BCUT2D eigenvalue weighted by atomic mass is 16.6. The molecule has 1 saturated heterocycles. The summed E-state index contributed by atoms with van der Waals surface area (Å²) >= 11 is 0. The van der Waals surface area contributed by atoms with E-state index in [2.05, 4.69) is 4.74 Å². The van der Waals surface area contributed by atoms with Crippen molar-refractivity contribution < 1.29 is 19.1 Å². The molecule has 1 heterocycles. The van der Waals surface area contributed by atoms with Gasteiger partial charge in [-0.25, -0.2) is 4.79 Å². The molecular formula is C10H17NO4. The number of carbonyl (C=O) groups is 2. The molecule has 5 nitrogen and oxygen atoms in total. The summed E-state index contributed by atoms with van der Waals surface area (Å²) in [6.45, 7) is 4.99. The number of methoxy groups -OCH3 is 1. The molecule has 1 amide bonds. The Morgan fingerprint density at radius 3 is 2.60 bits per heavy atom. The number of ether oxygens (including phenoxy) is 2. The third-order valence-electron chi connectivity index (χ3n) is 2.64. The predicted octanol–water partition coefficient (Wildman–Crippen LogP) is 0.884. The second-order valence-electron chi connectivity index (χ2n) is 3.71. The van der Waals surface area contributed by atoms with E-state index in [0.29, 0.717) is 19.7 Å². The van der Waals surface area contributed by atoms with Crippen LogP contribution in [0.5, 0.6) is 0 Å². The number of carbonyl (C=O) groups excluding carboxylic acids is 2. The van der Waals surface area contributed by atoms with Gasteiger partial charge in [0.05, 0.1) is 19.6 Å². The molecule has 0 aromatic carbocycles. The first kappa shape index (κ1) is 11.8. The summed E-state index contributed by atoms with van der Waals surface area (Å²) < 4.78 is 9.55. The molecule has 0 aromatic rings. The molecule has 2 unspecified atom stereocenters. The van der Waals surface area contributed by atoms with Gasteiger partial charge in [-0.3, -0.25) is 4.79 Å². The van der Waals surface area contributed by atoms with Crippen LogP contribution in [0, 0.1) is 11.8 Å². The van der Waals surface area contributed by atoms with Gasteiger partial charge in [-0.1, -0.05) is 6.92 Å². The van der Waals surface area contributed by atoms with E-state index in [1.807, 2.05) is 6.92 Å². The van der Waals surface area contributed by atoms with Gasteiger partial charge >= 0.3 is 12.1 Å². The van der Waals surface area contributed by atoms with Gasteiger partial charge in [0.1, 0.15) is 0 Å². The SMILES string of the molecule is CCOC(=O)N1CC(C)C(C(=O)OC)C1. The van der Waals surface area contributed by atoms with Crippen LogP contribution in [-0.2, 0) is 14.3 Å². The van der Waals surface area contributed by atoms with Crippen LogP contribution >= 0.6 is 0 Å². The fraction of sp³-hybridized carbons (Fsp3) is 0.800. The van der Waals surface area contributed by atoms with E-state index < -0.39 is 0 Å². The van der Waals surface area contributed by atoms with E-state index in [9.17, 15) is 9.59 Å². The molecule has 0 saturated carbocycles. The standard InChI is InChI=1S/C10H17NO4/c1-4-15-10(13)11-5-7(2)8(6-11)9(12)14-3/h7-8H,4-6H2,1-3H3. The van der Waals surface area contributed by atoms with Crippen LogP contribution in [0.3, 0.4) is 0 Å². The summed E-state index contributed by atoms with van der Waals surface area (Å²) in [5.41, 5.74) is 0. The summed E-state index contributed by atoms with van der Waals surface area (Å²) in [5.74, 6) is -0.351. The molecule has 15 heavy (non-hydrogen) atoms. The molecule has 1 fully saturated rings. The maximum atomic E-state index is 11.4. The van der Waals surface area contributed by atoms with Gasteiger partial charge in [0, 0.05) is 13.1 Å². The molecule has 0 radical (unpaired) electrons. The summed E-state index contributed by atoms with van der Waals surface area (Å²) in [5, 5.41) is 0. The maximum Gasteiger partial charge on any atom is 0.409 e. The number of esters is 1. The van der Waals surface area contributed by atoms with E-state index in [4.69, 9.17) is 4.74 Å². The van der Waals surface area contributed by atoms with Crippen molar-refractivity contribution in [2.24, 2.45) is 11.8 Å².